The number of thiocarbonyl (C=S) groups is 1. The molecular formula is C30H27BrCl2N4O5S. The lowest BCUT2D eigenvalue weighted by Crippen LogP contribution is -2.45. The number of amides is 1. The highest BCUT2D eigenvalue weighted by atomic mass is 79.9. The predicted molar refractivity (Wildman–Crippen MR) is 174 cm³/mol. The number of carbonyl (C=O) groups is 2. The molecule has 1 aliphatic rings. The van der Waals surface area contributed by atoms with Crippen molar-refractivity contribution >= 4 is 74.6 Å². The third kappa shape index (κ3) is 8.70. The molecule has 3 aromatic carbocycles. The van der Waals surface area contributed by atoms with Crippen LogP contribution in [0.4, 0.5) is 0 Å². The molecule has 224 valence electrons. The Morgan fingerprint density at radius 1 is 1.12 bits per heavy atom. The van der Waals surface area contributed by atoms with Crippen LogP contribution in [0.1, 0.15) is 36.6 Å². The van der Waals surface area contributed by atoms with Crippen LogP contribution in [0, 0.1) is 0 Å². The Kier molecular flexibility index (Phi) is 11.4. The number of para-hydroxylation sites is 1. The van der Waals surface area contributed by atoms with Gasteiger partial charge in [0.05, 0.1) is 33.9 Å². The van der Waals surface area contributed by atoms with Gasteiger partial charge in [-0.25, -0.2) is 10.2 Å². The lowest BCUT2D eigenvalue weighted by atomic mass is 9.95. The third-order valence-corrected chi connectivity index (χ3v) is 7.41. The molecule has 0 radical (unpaired) electrons. The molecule has 4 rings (SSSR count). The van der Waals surface area contributed by atoms with Gasteiger partial charge in [0.2, 0.25) is 0 Å². The summed E-state index contributed by atoms with van der Waals surface area (Å²) in [5, 5.41) is 11.4. The Morgan fingerprint density at radius 2 is 1.86 bits per heavy atom. The molecule has 3 aromatic rings. The molecule has 0 saturated carbocycles. The lowest BCUT2D eigenvalue weighted by Gasteiger charge is -2.30. The Hall–Kier alpha value is -3.64. The molecule has 0 unspecified atom stereocenters. The highest BCUT2D eigenvalue weighted by Crippen LogP contribution is 2.35. The van der Waals surface area contributed by atoms with Crippen LogP contribution in [0.5, 0.6) is 11.5 Å². The standard InChI is InChI=1S/C30H27BrCl2N4O5S/c1-3-40-29(39)26-17(2)35-30(43)36-27(26)21-6-4-5-7-24(21)41-16-25(38)37-34-14-19-12-22(31)28(23(33)13-19)42-15-18-8-10-20(32)11-9-18/h4-14,27H,3,15-16H2,1-2H3,(H,37,38)(H2,35,36,43)/t27-/m0/s1. The van der Waals surface area contributed by atoms with Gasteiger partial charge in [-0.05, 0) is 83.5 Å². The van der Waals surface area contributed by atoms with Crippen LogP contribution in [0.15, 0.2) is 81.5 Å². The highest BCUT2D eigenvalue weighted by Gasteiger charge is 2.32. The van der Waals surface area contributed by atoms with E-state index in [1.807, 2.05) is 12.1 Å². The number of hydrogen-bond donors (Lipinski definition) is 3. The smallest absolute Gasteiger partial charge is 0.338 e. The van der Waals surface area contributed by atoms with Crippen molar-refractivity contribution in [2.45, 2.75) is 26.5 Å². The number of hydrogen-bond acceptors (Lipinski definition) is 7. The summed E-state index contributed by atoms with van der Waals surface area (Å²) in [6.45, 7) is 3.67. The van der Waals surface area contributed by atoms with Gasteiger partial charge in [0.15, 0.2) is 17.5 Å². The average molecular weight is 706 g/mol. The maximum absolute atomic E-state index is 12.7. The molecule has 0 bridgehead atoms. The summed E-state index contributed by atoms with van der Waals surface area (Å²) in [6.07, 6.45) is 1.45. The van der Waals surface area contributed by atoms with Crippen LogP contribution in [-0.2, 0) is 20.9 Å². The van der Waals surface area contributed by atoms with Crippen LogP contribution in [0.3, 0.4) is 0 Å². The quantitative estimate of drug-likeness (QED) is 0.0934. The fourth-order valence-electron chi connectivity index (χ4n) is 4.14. The fraction of sp³-hybridized carbons (Fsp3) is 0.200. The summed E-state index contributed by atoms with van der Waals surface area (Å²) in [5.74, 6) is -0.110. The minimum atomic E-state index is -0.633. The summed E-state index contributed by atoms with van der Waals surface area (Å²) in [6, 6.07) is 17.2. The fourth-order valence-corrected chi connectivity index (χ4v) is 5.53. The number of ether oxygens (including phenoxy) is 3. The maximum Gasteiger partial charge on any atom is 0.338 e. The second kappa shape index (κ2) is 15.2. The van der Waals surface area contributed by atoms with E-state index in [9.17, 15) is 9.59 Å². The minimum absolute atomic E-state index is 0.219. The summed E-state index contributed by atoms with van der Waals surface area (Å²) in [4.78, 5) is 25.3. The molecule has 3 N–H and O–H groups in total. The zero-order valence-corrected chi connectivity index (χ0v) is 27.0. The van der Waals surface area contributed by atoms with Crippen molar-refractivity contribution in [2.24, 2.45) is 5.10 Å². The third-order valence-electron chi connectivity index (χ3n) is 6.07. The van der Waals surface area contributed by atoms with E-state index in [1.165, 1.54) is 6.21 Å². The molecule has 0 spiro atoms. The van der Waals surface area contributed by atoms with Gasteiger partial charge >= 0.3 is 5.97 Å². The first-order valence-electron chi connectivity index (χ1n) is 13.0. The highest BCUT2D eigenvalue weighted by molar-refractivity contribution is 9.10. The number of nitrogens with zero attached hydrogens (tertiary/aromatic N) is 1. The Labute approximate surface area is 272 Å². The molecule has 0 saturated heterocycles. The van der Waals surface area contributed by atoms with Crippen molar-refractivity contribution < 1.29 is 23.8 Å². The molecule has 1 aliphatic heterocycles. The van der Waals surface area contributed by atoms with Crippen LogP contribution in [0.2, 0.25) is 10.0 Å². The van der Waals surface area contributed by atoms with E-state index in [0.29, 0.717) is 60.1 Å². The molecular weight excluding hydrogens is 679 g/mol. The van der Waals surface area contributed by atoms with E-state index >= 15 is 0 Å². The Balaban J connectivity index is 1.37. The van der Waals surface area contributed by atoms with Crippen LogP contribution in [-0.4, -0.2) is 36.4 Å². The van der Waals surface area contributed by atoms with Crippen molar-refractivity contribution in [3.63, 3.8) is 0 Å². The van der Waals surface area contributed by atoms with E-state index in [-0.39, 0.29) is 13.2 Å². The molecule has 0 fully saturated rings. The molecule has 1 atom stereocenters. The zero-order chi connectivity index (χ0) is 30.9. The van der Waals surface area contributed by atoms with E-state index in [0.717, 1.165) is 5.56 Å². The van der Waals surface area contributed by atoms with Gasteiger partial charge in [-0.1, -0.05) is 53.5 Å². The van der Waals surface area contributed by atoms with Crippen molar-refractivity contribution in [1.29, 1.82) is 0 Å². The van der Waals surface area contributed by atoms with Gasteiger partial charge in [-0.3, -0.25) is 4.79 Å². The van der Waals surface area contributed by atoms with E-state index in [4.69, 9.17) is 49.6 Å². The van der Waals surface area contributed by atoms with Gasteiger partial charge in [-0.2, -0.15) is 5.10 Å². The first-order chi connectivity index (χ1) is 20.7. The van der Waals surface area contributed by atoms with Crippen molar-refractivity contribution in [3.8, 4) is 11.5 Å². The molecule has 0 aliphatic carbocycles. The topological polar surface area (TPSA) is 110 Å². The zero-order valence-electron chi connectivity index (χ0n) is 23.1. The summed E-state index contributed by atoms with van der Waals surface area (Å²) in [7, 11) is 0. The summed E-state index contributed by atoms with van der Waals surface area (Å²) < 4.78 is 17.6. The molecule has 9 nitrogen and oxygen atoms in total. The average Bonchev–Trinajstić information content (AvgIpc) is 2.96. The minimum Gasteiger partial charge on any atom is -0.486 e. The Bertz CT molecular complexity index is 1560. The van der Waals surface area contributed by atoms with Gasteiger partial charge in [-0.15, -0.1) is 0 Å². The number of carbonyl (C=O) groups excluding carboxylic acids is 2. The number of allylic oxidation sites excluding steroid dienone is 1. The molecule has 1 heterocycles. The predicted octanol–water partition coefficient (Wildman–Crippen LogP) is 6.22. The van der Waals surface area contributed by atoms with Crippen LogP contribution in [0.25, 0.3) is 0 Å². The number of nitrogens with one attached hydrogen (secondary N) is 3. The van der Waals surface area contributed by atoms with Crippen molar-refractivity contribution in [2.75, 3.05) is 13.2 Å². The second-order valence-corrected chi connectivity index (χ2v) is 11.2. The normalized spacial score (nSPS) is 14.6. The number of esters is 1. The lowest BCUT2D eigenvalue weighted by molar-refractivity contribution is -0.139. The summed E-state index contributed by atoms with van der Waals surface area (Å²) >= 11 is 21.2. The SMILES string of the molecule is CCOC(=O)C1=C(C)NC(=S)N[C@H]1c1ccccc1OCC(=O)NN=Cc1cc(Cl)c(OCc2ccc(Cl)cc2)c(Br)c1. The van der Waals surface area contributed by atoms with Gasteiger partial charge in [0.1, 0.15) is 12.4 Å². The van der Waals surface area contributed by atoms with E-state index < -0.39 is 17.9 Å². The number of rotatable bonds is 11. The largest absolute Gasteiger partial charge is 0.486 e. The molecule has 43 heavy (non-hydrogen) atoms. The van der Waals surface area contributed by atoms with Crippen LogP contribution < -0.4 is 25.5 Å². The monoisotopic (exact) mass is 704 g/mol. The van der Waals surface area contributed by atoms with E-state index in [2.05, 4.69) is 37.1 Å². The van der Waals surface area contributed by atoms with Gasteiger partial charge in [0.25, 0.3) is 5.91 Å². The van der Waals surface area contributed by atoms with E-state index in [1.54, 1.807) is 62.4 Å². The van der Waals surface area contributed by atoms with Crippen molar-refractivity contribution in [1.82, 2.24) is 16.1 Å². The number of benzene rings is 3. The molecule has 1 amide bonds. The molecule has 13 heteroatoms. The Morgan fingerprint density at radius 3 is 2.58 bits per heavy atom. The van der Waals surface area contributed by atoms with Gasteiger partial charge < -0.3 is 24.8 Å². The molecule has 0 aromatic heterocycles. The number of hydrazone groups is 1. The number of halogens is 3. The first-order valence-corrected chi connectivity index (χ1v) is 15.0. The van der Waals surface area contributed by atoms with Gasteiger partial charge in [0, 0.05) is 16.3 Å². The second-order valence-electron chi connectivity index (χ2n) is 9.14. The van der Waals surface area contributed by atoms with Crippen LogP contribution >= 0.6 is 51.3 Å². The first kappa shape index (κ1) is 32.3. The summed E-state index contributed by atoms with van der Waals surface area (Å²) in [5.41, 5.74) is 5.56. The van der Waals surface area contributed by atoms with Crippen molar-refractivity contribution in [3.05, 3.63) is 103 Å². The maximum atomic E-state index is 12.7.